The van der Waals surface area contributed by atoms with Gasteiger partial charge in [0, 0.05) is 36.5 Å². The van der Waals surface area contributed by atoms with Crippen LogP contribution in [-0.2, 0) is 4.74 Å². The normalized spacial score (nSPS) is 16.9. The summed E-state index contributed by atoms with van der Waals surface area (Å²) in [5, 5.41) is 11.3. The first-order valence-electron chi connectivity index (χ1n) is 10.5. The van der Waals surface area contributed by atoms with Crippen LogP contribution in [0.3, 0.4) is 0 Å². The number of benzene rings is 1. The molecule has 3 heterocycles. The van der Waals surface area contributed by atoms with Gasteiger partial charge < -0.3 is 9.64 Å². The number of carbonyl (C=O) groups excluding carboxylic acids is 2. The van der Waals surface area contributed by atoms with Gasteiger partial charge >= 0.3 is 6.09 Å². The van der Waals surface area contributed by atoms with Crippen molar-refractivity contribution in [2.75, 3.05) is 18.4 Å². The van der Waals surface area contributed by atoms with Crippen molar-refractivity contribution in [1.29, 1.82) is 0 Å². The van der Waals surface area contributed by atoms with Crippen molar-refractivity contribution in [3.8, 4) is 0 Å². The Morgan fingerprint density at radius 2 is 1.97 bits per heavy atom. The van der Waals surface area contributed by atoms with Gasteiger partial charge in [0.15, 0.2) is 5.65 Å². The number of anilines is 1. The zero-order valence-electron chi connectivity index (χ0n) is 18.0. The largest absolute Gasteiger partial charge is 0.444 e. The third-order valence-electron chi connectivity index (χ3n) is 5.17. The minimum absolute atomic E-state index is 0.0636. The van der Waals surface area contributed by atoms with Gasteiger partial charge in [-0.05, 0) is 63.9 Å². The van der Waals surface area contributed by atoms with Crippen LogP contribution in [0.5, 0.6) is 0 Å². The van der Waals surface area contributed by atoms with Crippen LogP contribution in [0, 0.1) is 0 Å². The van der Waals surface area contributed by atoms with Crippen molar-refractivity contribution >= 4 is 23.3 Å². The van der Waals surface area contributed by atoms with E-state index in [2.05, 4.69) is 15.5 Å². The van der Waals surface area contributed by atoms with Crippen molar-refractivity contribution in [1.82, 2.24) is 19.5 Å². The summed E-state index contributed by atoms with van der Waals surface area (Å²) in [5.74, 6) is 0.943. The van der Waals surface area contributed by atoms with Crippen LogP contribution >= 0.6 is 0 Å². The first kappa shape index (κ1) is 20.8. The molecule has 8 heteroatoms. The van der Waals surface area contributed by atoms with Crippen LogP contribution in [0.4, 0.5) is 10.5 Å². The Balaban J connectivity index is 1.47. The maximum atomic E-state index is 13.2. The van der Waals surface area contributed by atoms with E-state index in [1.54, 1.807) is 45.0 Å². The Hall–Kier alpha value is -3.42. The molecule has 2 aromatic heterocycles. The number of nitrogens with one attached hydrogen (secondary N) is 1. The van der Waals surface area contributed by atoms with Gasteiger partial charge in [-0.3, -0.25) is 14.5 Å². The minimum atomic E-state index is -0.591. The average molecular weight is 422 g/mol. The standard InChI is InChI=1S/C23H27N5O3/c1-23(2,3)31-22(30)24-18-10-6-8-16(14-18)21(29)27-12-7-9-17(15-27)20-26-25-19-11-4-5-13-28(19)20/h4-6,8,10-11,13-14,17H,7,9,12,15H2,1-3H3,(H,24,30). The van der Waals surface area contributed by atoms with E-state index in [1.165, 1.54) is 0 Å². The van der Waals surface area contributed by atoms with Gasteiger partial charge in [-0.1, -0.05) is 12.1 Å². The number of likely N-dealkylation sites (tertiary alicyclic amines) is 1. The molecule has 0 saturated carbocycles. The SMILES string of the molecule is CC(C)(C)OC(=O)Nc1cccc(C(=O)N2CCCC(c3nnc4ccccn34)C2)c1. The molecule has 0 spiro atoms. The second-order valence-electron chi connectivity index (χ2n) is 8.79. The van der Waals surface area contributed by atoms with Gasteiger partial charge in [0.25, 0.3) is 5.91 Å². The van der Waals surface area contributed by atoms with Gasteiger partial charge in [0.1, 0.15) is 11.4 Å². The van der Waals surface area contributed by atoms with Crippen molar-refractivity contribution in [2.24, 2.45) is 0 Å². The molecule has 2 amide bonds. The van der Waals surface area contributed by atoms with Gasteiger partial charge in [0.05, 0.1) is 0 Å². The lowest BCUT2D eigenvalue weighted by atomic mass is 9.96. The zero-order chi connectivity index (χ0) is 22.0. The number of rotatable bonds is 3. The first-order valence-corrected chi connectivity index (χ1v) is 10.5. The maximum Gasteiger partial charge on any atom is 0.412 e. The molecule has 162 valence electrons. The molecule has 4 rings (SSSR count). The number of piperidine rings is 1. The van der Waals surface area contributed by atoms with Crippen LogP contribution in [0.25, 0.3) is 5.65 Å². The number of fused-ring (bicyclic) bond motifs is 1. The molecule has 0 radical (unpaired) electrons. The molecule has 1 unspecified atom stereocenters. The molecule has 1 aromatic carbocycles. The highest BCUT2D eigenvalue weighted by Crippen LogP contribution is 2.27. The molecule has 1 atom stereocenters. The van der Waals surface area contributed by atoms with Crippen LogP contribution in [0.15, 0.2) is 48.7 Å². The highest BCUT2D eigenvalue weighted by molar-refractivity contribution is 5.96. The number of ether oxygens (including phenoxy) is 1. The molecule has 1 aliphatic heterocycles. The highest BCUT2D eigenvalue weighted by Gasteiger charge is 2.28. The summed E-state index contributed by atoms with van der Waals surface area (Å²) in [4.78, 5) is 27.1. The Morgan fingerprint density at radius 3 is 2.77 bits per heavy atom. The molecule has 31 heavy (non-hydrogen) atoms. The fourth-order valence-electron chi connectivity index (χ4n) is 3.84. The number of hydrogen-bond acceptors (Lipinski definition) is 5. The third kappa shape index (κ3) is 4.84. The molecule has 0 aliphatic carbocycles. The number of aromatic nitrogens is 3. The fourth-order valence-corrected chi connectivity index (χ4v) is 3.84. The van der Waals surface area contributed by atoms with Crippen LogP contribution in [-0.4, -0.2) is 50.2 Å². The molecule has 1 fully saturated rings. The number of nitrogens with zero attached hydrogens (tertiary/aromatic N) is 4. The number of amides is 2. The summed E-state index contributed by atoms with van der Waals surface area (Å²) in [6.45, 7) is 6.68. The van der Waals surface area contributed by atoms with E-state index in [-0.39, 0.29) is 11.8 Å². The van der Waals surface area contributed by atoms with Gasteiger partial charge in [-0.25, -0.2) is 4.79 Å². The molecular formula is C23H27N5O3. The van der Waals surface area contributed by atoms with E-state index in [0.29, 0.717) is 24.3 Å². The Bertz CT molecular complexity index is 1100. The second-order valence-corrected chi connectivity index (χ2v) is 8.79. The Labute approximate surface area is 181 Å². The lowest BCUT2D eigenvalue weighted by Gasteiger charge is -2.32. The lowest BCUT2D eigenvalue weighted by Crippen LogP contribution is -2.39. The Morgan fingerprint density at radius 1 is 1.13 bits per heavy atom. The fraction of sp³-hybridized carbons (Fsp3) is 0.391. The summed E-state index contributed by atoms with van der Waals surface area (Å²) < 4.78 is 7.28. The predicted octanol–water partition coefficient (Wildman–Crippen LogP) is 4.10. The monoisotopic (exact) mass is 421 g/mol. The van der Waals surface area contributed by atoms with Crippen molar-refractivity contribution in [3.05, 3.63) is 60.0 Å². The van der Waals surface area contributed by atoms with Gasteiger partial charge in [0.2, 0.25) is 0 Å². The molecule has 1 N–H and O–H groups in total. The Kier molecular flexibility index (Phi) is 5.63. The van der Waals surface area contributed by atoms with E-state index >= 15 is 0 Å². The number of hydrogen-bond donors (Lipinski definition) is 1. The van der Waals surface area contributed by atoms with Crippen molar-refractivity contribution in [2.45, 2.75) is 45.1 Å². The molecule has 3 aromatic rings. The van der Waals surface area contributed by atoms with Crippen molar-refractivity contribution in [3.63, 3.8) is 0 Å². The molecule has 1 saturated heterocycles. The quantitative estimate of drug-likeness (QED) is 0.688. The lowest BCUT2D eigenvalue weighted by molar-refractivity contribution is 0.0634. The smallest absolute Gasteiger partial charge is 0.412 e. The predicted molar refractivity (Wildman–Crippen MR) is 117 cm³/mol. The van der Waals surface area contributed by atoms with Crippen LogP contribution < -0.4 is 5.32 Å². The second kappa shape index (κ2) is 8.37. The number of carbonyl (C=O) groups is 2. The van der Waals surface area contributed by atoms with Gasteiger partial charge in [-0.2, -0.15) is 0 Å². The summed E-state index contributed by atoms with van der Waals surface area (Å²) in [5.41, 5.74) is 1.27. The third-order valence-corrected chi connectivity index (χ3v) is 5.17. The van der Waals surface area contributed by atoms with E-state index in [1.807, 2.05) is 33.7 Å². The average Bonchev–Trinajstić information content (AvgIpc) is 3.16. The maximum absolute atomic E-state index is 13.2. The summed E-state index contributed by atoms with van der Waals surface area (Å²) in [7, 11) is 0. The van der Waals surface area contributed by atoms with E-state index in [0.717, 1.165) is 24.3 Å². The topological polar surface area (TPSA) is 88.8 Å². The van der Waals surface area contributed by atoms with Crippen LogP contribution in [0.1, 0.15) is 55.7 Å². The molecule has 0 bridgehead atoms. The van der Waals surface area contributed by atoms with Crippen molar-refractivity contribution < 1.29 is 14.3 Å². The van der Waals surface area contributed by atoms with E-state index < -0.39 is 11.7 Å². The summed E-state index contributed by atoms with van der Waals surface area (Å²) in [6, 6.07) is 12.7. The summed E-state index contributed by atoms with van der Waals surface area (Å²) >= 11 is 0. The zero-order valence-corrected chi connectivity index (χ0v) is 18.0. The minimum Gasteiger partial charge on any atom is -0.444 e. The highest BCUT2D eigenvalue weighted by atomic mass is 16.6. The molecule has 8 nitrogen and oxygen atoms in total. The van der Waals surface area contributed by atoms with E-state index in [9.17, 15) is 9.59 Å². The number of pyridine rings is 1. The summed E-state index contributed by atoms with van der Waals surface area (Å²) in [6.07, 6.45) is 3.26. The van der Waals surface area contributed by atoms with Gasteiger partial charge in [-0.15, -0.1) is 10.2 Å². The molecular weight excluding hydrogens is 394 g/mol. The van der Waals surface area contributed by atoms with E-state index in [4.69, 9.17) is 4.74 Å². The molecule has 1 aliphatic rings. The first-order chi connectivity index (χ1) is 14.8. The van der Waals surface area contributed by atoms with Crippen LogP contribution in [0.2, 0.25) is 0 Å².